The van der Waals surface area contributed by atoms with E-state index >= 15 is 0 Å². The van der Waals surface area contributed by atoms with E-state index in [1.807, 2.05) is 29.9 Å². The number of fused-ring (bicyclic) bond motifs is 1. The predicted octanol–water partition coefficient (Wildman–Crippen LogP) is 1.77. The fraction of sp³-hybridized carbons (Fsp3) is 0.286. The molecule has 4 aromatic rings. The van der Waals surface area contributed by atoms with Gasteiger partial charge >= 0.3 is 0 Å². The summed E-state index contributed by atoms with van der Waals surface area (Å²) in [6.45, 7) is 4.18. The van der Waals surface area contributed by atoms with Crippen LogP contribution in [0.3, 0.4) is 0 Å². The van der Waals surface area contributed by atoms with Gasteiger partial charge in [-0.3, -0.25) is 4.98 Å². The summed E-state index contributed by atoms with van der Waals surface area (Å²) in [5.74, 6) is 7.85. The number of nitrogens with zero attached hydrogens (tertiary/aromatic N) is 7. The van der Waals surface area contributed by atoms with Gasteiger partial charge in [0.05, 0.1) is 31.3 Å². The Labute approximate surface area is 173 Å². The molecule has 0 saturated carbocycles. The van der Waals surface area contributed by atoms with Crippen molar-refractivity contribution in [1.82, 2.24) is 34.5 Å². The Hall–Kier alpha value is -3.77. The van der Waals surface area contributed by atoms with Crippen LogP contribution in [-0.2, 0) is 11.8 Å². The molecule has 1 atom stereocenters. The van der Waals surface area contributed by atoms with Gasteiger partial charge in [0.1, 0.15) is 0 Å². The second-order valence-corrected chi connectivity index (χ2v) is 7.14. The highest BCUT2D eigenvalue weighted by atomic mass is 16.5. The summed E-state index contributed by atoms with van der Waals surface area (Å²) in [4.78, 5) is 27.8. The largest absolute Gasteiger partial charge is 0.377 e. The number of hydrogen-bond acceptors (Lipinski definition) is 7. The Kier molecular flexibility index (Phi) is 4.61. The molecule has 0 amide bonds. The summed E-state index contributed by atoms with van der Waals surface area (Å²) >= 11 is 0. The van der Waals surface area contributed by atoms with Gasteiger partial charge in [-0.15, -0.1) is 0 Å². The smallest absolute Gasteiger partial charge is 0.209 e. The first-order chi connectivity index (χ1) is 14.7. The third kappa shape index (κ3) is 3.38. The molecule has 1 saturated heterocycles. The molecule has 0 unspecified atom stereocenters. The average molecular weight is 400 g/mol. The van der Waals surface area contributed by atoms with Gasteiger partial charge in [0.25, 0.3) is 0 Å². The predicted molar refractivity (Wildman–Crippen MR) is 112 cm³/mol. The van der Waals surface area contributed by atoms with E-state index in [1.165, 1.54) is 0 Å². The molecule has 0 aliphatic carbocycles. The number of nitrogens with one attached hydrogen (secondary N) is 1. The van der Waals surface area contributed by atoms with Crippen LogP contribution >= 0.6 is 0 Å². The van der Waals surface area contributed by atoms with Crippen molar-refractivity contribution in [3.8, 4) is 23.1 Å². The van der Waals surface area contributed by atoms with Crippen LogP contribution in [0.4, 0.5) is 5.82 Å². The second-order valence-electron chi connectivity index (χ2n) is 7.14. The molecule has 30 heavy (non-hydrogen) atoms. The molecule has 0 radical (unpaired) electrons. The van der Waals surface area contributed by atoms with E-state index in [4.69, 9.17) is 9.72 Å². The van der Waals surface area contributed by atoms with Crippen molar-refractivity contribution < 1.29 is 4.74 Å². The van der Waals surface area contributed by atoms with Crippen molar-refractivity contribution in [2.24, 2.45) is 7.05 Å². The maximum absolute atomic E-state index is 5.57. The summed E-state index contributed by atoms with van der Waals surface area (Å²) in [7, 11) is 1.92. The highest BCUT2D eigenvalue weighted by Crippen LogP contribution is 2.25. The quantitative estimate of drug-likeness (QED) is 0.512. The van der Waals surface area contributed by atoms with Crippen LogP contribution in [0.15, 0.2) is 37.1 Å². The first-order valence-corrected chi connectivity index (χ1v) is 9.70. The minimum absolute atomic E-state index is 0.201. The molecule has 9 nitrogen and oxygen atoms in total. The summed E-state index contributed by atoms with van der Waals surface area (Å²) in [5.41, 5.74) is 3.24. The van der Waals surface area contributed by atoms with E-state index < -0.39 is 0 Å². The Morgan fingerprint density at radius 2 is 2.17 bits per heavy atom. The Morgan fingerprint density at radius 1 is 1.23 bits per heavy atom. The van der Waals surface area contributed by atoms with Gasteiger partial charge < -0.3 is 19.2 Å². The number of rotatable bonds is 2. The number of aromatic amines is 1. The van der Waals surface area contributed by atoms with Gasteiger partial charge in [-0.25, -0.2) is 19.9 Å². The van der Waals surface area contributed by atoms with Crippen LogP contribution in [0.5, 0.6) is 0 Å². The Morgan fingerprint density at radius 3 is 3.00 bits per heavy atom. The third-order valence-corrected chi connectivity index (χ3v) is 5.01. The monoisotopic (exact) mass is 400 g/mol. The lowest BCUT2D eigenvalue weighted by Crippen LogP contribution is -2.44. The summed E-state index contributed by atoms with van der Waals surface area (Å²) in [5, 5.41) is 0. The molecular weight excluding hydrogens is 380 g/mol. The normalized spacial score (nSPS) is 16.5. The maximum atomic E-state index is 5.57. The summed E-state index contributed by atoms with van der Waals surface area (Å²) in [6.07, 6.45) is 7.06. The van der Waals surface area contributed by atoms with Gasteiger partial charge in [0.15, 0.2) is 22.8 Å². The van der Waals surface area contributed by atoms with Gasteiger partial charge in [0, 0.05) is 37.7 Å². The van der Waals surface area contributed by atoms with Gasteiger partial charge in [-0.05, 0) is 30.9 Å². The minimum Gasteiger partial charge on any atom is -0.377 e. The Balaban J connectivity index is 1.51. The Bertz CT molecular complexity index is 1250. The second kappa shape index (κ2) is 7.57. The van der Waals surface area contributed by atoms with Crippen LogP contribution in [0.25, 0.3) is 22.4 Å². The lowest BCUT2D eigenvalue weighted by molar-refractivity contribution is 0.0986. The average Bonchev–Trinajstić information content (AvgIpc) is 3.40. The molecule has 1 N–H and O–H groups in total. The van der Waals surface area contributed by atoms with Crippen LogP contribution < -0.4 is 4.90 Å². The number of hydrogen-bond donors (Lipinski definition) is 1. The van der Waals surface area contributed by atoms with Crippen LogP contribution in [0.1, 0.15) is 18.6 Å². The third-order valence-electron chi connectivity index (χ3n) is 5.01. The number of anilines is 1. The number of H-pyrrole nitrogens is 1. The zero-order valence-corrected chi connectivity index (χ0v) is 16.7. The molecule has 150 valence electrons. The lowest BCUT2D eigenvalue weighted by Gasteiger charge is -2.34. The molecule has 1 aliphatic rings. The summed E-state index contributed by atoms with van der Waals surface area (Å²) in [6, 6.07) is 4.03. The van der Waals surface area contributed by atoms with Crippen molar-refractivity contribution >= 4 is 17.0 Å². The zero-order valence-electron chi connectivity index (χ0n) is 16.7. The molecule has 0 aromatic carbocycles. The van der Waals surface area contributed by atoms with Crippen molar-refractivity contribution in [2.45, 2.75) is 13.0 Å². The molecule has 0 spiro atoms. The number of morpholine rings is 1. The first kappa shape index (κ1) is 18.3. The van der Waals surface area contributed by atoms with Gasteiger partial charge in [-0.2, -0.15) is 0 Å². The zero-order chi connectivity index (χ0) is 20.5. The molecule has 1 fully saturated rings. The van der Waals surface area contributed by atoms with Crippen LogP contribution in [0.2, 0.25) is 0 Å². The molecule has 5 rings (SSSR count). The molecule has 1 aliphatic heterocycles. The van der Waals surface area contributed by atoms with Gasteiger partial charge in [0.2, 0.25) is 5.82 Å². The minimum atomic E-state index is 0.201. The van der Waals surface area contributed by atoms with Crippen molar-refractivity contribution in [1.29, 1.82) is 0 Å². The standard InChI is InChI=1S/C21H20N8O/c1-14-12-30-9-8-29(14)21-19-20(28(2)13-24-19)26-18(27-21)6-5-17-23-11-16(25-17)15-4-3-7-22-10-15/h3-4,7,10-11,13-14H,8-9,12H2,1-2H3,(H,23,25)/t14-/m0/s1. The highest BCUT2D eigenvalue weighted by molar-refractivity contribution is 5.84. The number of aryl methyl sites for hydroxylation is 1. The summed E-state index contributed by atoms with van der Waals surface area (Å²) < 4.78 is 7.45. The van der Waals surface area contributed by atoms with E-state index in [1.54, 1.807) is 18.7 Å². The lowest BCUT2D eigenvalue weighted by atomic mass is 10.2. The van der Waals surface area contributed by atoms with E-state index in [2.05, 4.69) is 48.6 Å². The van der Waals surface area contributed by atoms with E-state index in [0.29, 0.717) is 24.9 Å². The molecule has 9 heteroatoms. The van der Waals surface area contributed by atoms with Crippen molar-refractivity contribution in [2.75, 3.05) is 24.7 Å². The number of aromatic nitrogens is 7. The van der Waals surface area contributed by atoms with Gasteiger partial charge in [-0.1, -0.05) is 0 Å². The highest BCUT2D eigenvalue weighted by Gasteiger charge is 2.24. The number of ether oxygens (including phenoxy) is 1. The van der Waals surface area contributed by atoms with Crippen LogP contribution in [-0.4, -0.2) is 60.3 Å². The number of imidazole rings is 2. The van der Waals surface area contributed by atoms with Crippen molar-refractivity contribution in [3.63, 3.8) is 0 Å². The molecule has 5 heterocycles. The SMILES string of the molecule is C[C@H]1COCCN1c1nc(C#Cc2nc(-c3cccnc3)c[nH]2)nc2c1ncn2C. The number of pyridine rings is 1. The molecule has 4 aromatic heterocycles. The fourth-order valence-corrected chi connectivity index (χ4v) is 3.45. The maximum Gasteiger partial charge on any atom is 0.209 e. The van der Waals surface area contributed by atoms with Crippen LogP contribution in [0, 0.1) is 11.8 Å². The fourth-order valence-electron chi connectivity index (χ4n) is 3.45. The first-order valence-electron chi connectivity index (χ1n) is 9.70. The van der Waals surface area contributed by atoms with E-state index in [-0.39, 0.29) is 6.04 Å². The van der Waals surface area contributed by atoms with E-state index in [9.17, 15) is 0 Å². The molecular formula is C21H20N8O. The molecule has 0 bridgehead atoms. The topological polar surface area (TPSA) is 97.6 Å². The van der Waals surface area contributed by atoms with Crippen molar-refractivity contribution in [3.05, 3.63) is 48.7 Å². The van der Waals surface area contributed by atoms with E-state index in [0.717, 1.165) is 34.8 Å².